The molecule has 1 fully saturated rings. The Morgan fingerprint density at radius 1 is 1.08 bits per heavy atom. The summed E-state index contributed by atoms with van der Waals surface area (Å²) in [6, 6.07) is 13.0. The summed E-state index contributed by atoms with van der Waals surface area (Å²) in [5, 5.41) is 6.27. The van der Waals surface area contributed by atoms with Crippen LogP contribution in [0.5, 0.6) is 17.2 Å². The van der Waals surface area contributed by atoms with Gasteiger partial charge in [0.2, 0.25) is 12.7 Å². The van der Waals surface area contributed by atoms with E-state index in [0.717, 1.165) is 41.9 Å². The molecule has 0 N–H and O–H groups in total. The molecule has 1 atom stereocenters. The van der Waals surface area contributed by atoms with Gasteiger partial charge in [-0.15, -0.1) is 0 Å². The molecule has 190 valence electrons. The largest absolute Gasteiger partial charge is 0.497 e. The number of methoxy groups -OCH3 is 2. The fraction of sp³-hybridized carbons (Fsp3) is 0.444. The number of ether oxygens (including phenoxy) is 4. The van der Waals surface area contributed by atoms with Gasteiger partial charge in [0.05, 0.1) is 25.5 Å². The highest BCUT2D eigenvalue weighted by Gasteiger charge is 2.36. The van der Waals surface area contributed by atoms with Crippen molar-refractivity contribution in [3.05, 3.63) is 53.6 Å². The quantitative estimate of drug-likeness (QED) is 0.532. The summed E-state index contributed by atoms with van der Waals surface area (Å²) < 4.78 is 21.5. The molecule has 0 aromatic heterocycles. The van der Waals surface area contributed by atoms with Crippen molar-refractivity contribution in [3.63, 3.8) is 0 Å². The standard InChI is InChI=1S/C27H31N3O6/c1-33-13-12-29(27(32)19-4-3-5-19)16-26(31)30-23(20-8-11-24-25(14-20)36-17-35-24)15-22(28-30)18-6-9-21(34-2)10-7-18/h6-11,14,19,23H,3-5,12-13,15-17H2,1-2H3/t23-/m1/s1. The molecular formula is C27H31N3O6. The predicted octanol–water partition coefficient (Wildman–Crippen LogP) is 3.38. The molecule has 2 aromatic rings. The van der Waals surface area contributed by atoms with E-state index in [2.05, 4.69) is 0 Å². The van der Waals surface area contributed by atoms with E-state index in [9.17, 15) is 9.59 Å². The molecule has 2 aromatic carbocycles. The second-order valence-electron chi connectivity index (χ2n) is 9.23. The van der Waals surface area contributed by atoms with E-state index >= 15 is 0 Å². The highest BCUT2D eigenvalue weighted by molar-refractivity contribution is 6.03. The average Bonchev–Trinajstić information content (AvgIpc) is 3.52. The van der Waals surface area contributed by atoms with Gasteiger partial charge in [-0.05, 0) is 60.4 Å². The minimum absolute atomic E-state index is 0.00347. The molecule has 0 spiro atoms. The van der Waals surface area contributed by atoms with Gasteiger partial charge < -0.3 is 23.8 Å². The van der Waals surface area contributed by atoms with E-state index in [4.69, 9.17) is 24.0 Å². The SMILES string of the molecule is COCCN(CC(=O)N1N=C(c2ccc(OC)cc2)C[C@@H]1c1ccc2c(c1)OCO2)C(=O)C1CCC1. The van der Waals surface area contributed by atoms with Crippen molar-refractivity contribution in [3.8, 4) is 17.2 Å². The van der Waals surface area contributed by atoms with Gasteiger partial charge in [0.15, 0.2) is 11.5 Å². The molecule has 0 unspecified atom stereocenters. The summed E-state index contributed by atoms with van der Waals surface area (Å²) >= 11 is 0. The minimum Gasteiger partial charge on any atom is -0.497 e. The fourth-order valence-electron chi connectivity index (χ4n) is 4.70. The highest BCUT2D eigenvalue weighted by Crippen LogP contribution is 2.39. The van der Waals surface area contributed by atoms with Gasteiger partial charge in [-0.1, -0.05) is 12.5 Å². The van der Waals surface area contributed by atoms with Crippen molar-refractivity contribution in [2.45, 2.75) is 31.7 Å². The van der Waals surface area contributed by atoms with Crippen LogP contribution in [0.4, 0.5) is 0 Å². The lowest BCUT2D eigenvalue weighted by Gasteiger charge is -2.32. The Kier molecular flexibility index (Phi) is 7.09. The molecule has 0 saturated heterocycles. The van der Waals surface area contributed by atoms with Crippen molar-refractivity contribution < 1.29 is 28.5 Å². The number of carbonyl (C=O) groups excluding carboxylic acids is 2. The summed E-state index contributed by atoms with van der Waals surface area (Å²) in [7, 11) is 3.22. The Morgan fingerprint density at radius 2 is 1.86 bits per heavy atom. The number of hydrogen-bond donors (Lipinski definition) is 0. The minimum atomic E-state index is -0.327. The molecule has 36 heavy (non-hydrogen) atoms. The van der Waals surface area contributed by atoms with Crippen LogP contribution < -0.4 is 14.2 Å². The van der Waals surface area contributed by atoms with Crippen molar-refractivity contribution in [1.82, 2.24) is 9.91 Å². The zero-order chi connectivity index (χ0) is 25.1. The summed E-state index contributed by atoms with van der Waals surface area (Å²) in [5.74, 6) is 1.87. The molecule has 9 nitrogen and oxygen atoms in total. The average molecular weight is 494 g/mol. The van der Waals surface area contributed by atoms with Crippen molar-refractivity contribution in [1.29, 1.82) is 0 Å². The number of fused-ring (bicyclic) bond motifs is 1. The van der Waals surface area contributed by atoms with Crippen LogP contribution in [-0.4, -0.2) is 68.1 Å². The lowest BCUT2D eigenvalue weighted by Crippen LogP contribution is -2.46. The lowest BCUT2D eigenvalue weighted by atomic mass is 9.84. The van der Waals surface area contributed by atoms with Crippen LogP contribution in [-0.2, 0) is 14.3 Å². The second kappa shape index (κ2) is 10.6. The van der Waals surface area contributed by atoms with E-state index in [-0.39, 0.29) is 37.1 Å². The van der Waals surface area contributed by atoms with Gasteiger partial charge in [-0.2, -0.15) is 5.10 Å². The number of hydrogen-bond acceptors (Lipinski definition) is 7. The van der Waals surface area contributed by atoms with Crippen LogP contribution in [0.3, 0.4) is 0 Å². The Morgan fingerprint density at radius 3 is 2.56 bits per heavy atom. The summed E-state index contributed by atoms with van der Waals surface area (Å²) in [6.07, 6.45) is 3.34. The zero-order valence-electron chi connectivity index (χ0n) is 20.6. The Bertz CT molecular complexity index is 1140. The first kappa shape index (κ1) is 24.1. The summed E-state index contributed by atoms with van der Waals surface area (Å²) in [6.45, 7) is 0.878. The predicted molar refractivity (Wildman–Crippen MR) is 132 cm³/mol. The van der Waals surface area contributed by atoms with Crippen LogP contribution in [0.25, 0.3) is 0 Å². The van der Waals surface area contributed by atoms with Gasteiger partial charge in [0.25, 0.3) is 5.91 Å². The number of benzene rings is 2. The number of amides is 2. The van der Waals surface area contributed by atoms with Gasteiger partial charge in [-0.3, -0.25) is 9.59 Å². The molecule has 0 bridgehead atoms. The maximum Gasteiger partial charge on any atom is 0.262 e. The zero-order valence-corrected chi connectivity index (χ0v) is 20.6. The third-order valence-electron chi connectivity index (χ3n) is 7.03. The number of rotatable bonds is 9. The monoisotopic (exact) mass is 493 g/mol. The van der Waals surface area contributed by atoms with E-state index < -0.39 is 0 Å². The maximum absolute atomic E-state index is 13.7. The normalized spacial score (nSPS) is 18.6. The van der Waals surface area contributed by atoms with Crippen molar-refractivity contribution in [2.24, 2.45) is 11.0 Å². The molecular weight excluding hydrogens is 462 g/mol. The third kappa shape index (κ3) is 4.88. The number of carbonyl (C=O) groups is 2. The Labute approximate surface area is 210 Å². The van der Waals surface area contributed by atoms with Crippen molar-refractivity contribution in [2.75, 3.05) is 40.7 Å². The topological polar surface area (TPSA) is 89.9 Å². The second-order valence-corrected chi connectivity index (χ2v) is 9.23. The highest BCUT2D eigenvalue weighted by atomic mass is 16.7. The molecule has 2 amide bonds. The first-order valence-electron chi connectivity index (χ1n) is 12.3. The van der Waals surface area contributed by atoms with Gasteiger partial charge >= 0.3 is 0 Å². The Balaban J connectivity index is 1.42. The van der Waals surface area contributed by atoms with Crippen LogP contribution in [0, 0.1) is 5.92 Å². The van der Waals surface area contributed by atoms with Crippen LogP contribution in [0.15, 0.2) is 47.6 Å². The number of hydrazone groups is 1. The molecule has 0 radical (unpaired) electrons. The maximum atomic E-state index is 13.7. The van der Waals surface area contributed by atoms with Crippen LogP contribution in [0.2, 0.25) is 0 Å². The summed E-state index contributed by atoms with van der Waals surface area (Å²) in [4.78, 5) is 28.3. The van der Waals surface area contributed by atoms with Gasteiger partial charge in [-0.25, -0.2) is 5.01 Å². The summed E-state index contributed by atoms with van der Waals surface area (Å²) in [5.41, 5.74) is 2.61. The fourth-order valence-corrected chi connectivity index (χ4v) is 4.70. The van der Waals surface area contributed by atoms with Crippen LogP contribution in [0.1, 0.15) is 42.9 Å². The smallest absolute Gasteiger partial charge is 0.262 e. The van der Waals surface area contributed by atoms with E-state index in [1.807, 2.05) is 42.5 Å². The Hall–Kier alpha value is -3.59. The van der Waals surface area contributed by atoms with Gasteiger partial charge in [0.1, 0.15) is 12.3 Å². The molecule has 1 aliphatic carbocycles. The van der Waals surface area contributed by atoms with E-state index in [0.29, 0.717) is 31.1 Å². The van der Waals surface area contributed by atoms with Crippen molar-refractivity contribution >= 4 is 17.5 Å². The molecule has 9 heteroatoms. The first-order valence-corrected chi connectivity index (χ1v) is 12.3. The third-order valence-corrected chi connectivity index (χ3v) is 7.03. The van der Waals surface area contributed by atoms with Gasteiger partial charge in [0, 0.05) is 26.0 Å². The van der Waals surface area contributed by atoms with E-state index in [1.54, 1.807) is 19.1 Å². The molecule has 1 saturated carbocycles. The van der Waals surface area contributed by atoms with E-state index in [1.165, 1.54) is 5.01 Å². The van der Waals surface area contributed by atoms with Crippen LogP contribution >= 0.6 is 0 Å². The molecule has 3 aliphatic rings. The first-order chi connectivity index (χ1) is 17.6. The lowest BCUT2D eigenvalue weighted by molar-refractivity contribution is -0.146. The molecule has 5 rings (SSSR count). The molecule has 2 aliphatic heterocycles. The number of nitrogens with zero attached hydrogens (tertiary/aromatic N) is 3. The molecule has 2 heterocycles.